The summed E-state index contributed by atoms with van der Waals surface area (Å²) in [6, 6.07) is 6.40. The van der Waals surface area contributed by atoms with Crippen LogP contribution in [-0.4, -0.2) is 34.5 Å². The third kappa shape index (κ3) is 2.82. The zero-order valence-electron chi connectivity index (χ0n) is 9.80. The van der Waals surface area contributed by atoms with Gasteiger partial charge in [0.15, 0.2) is 0 Å². The predicted octanol–water partition coefficient (Wildman–Crippen LogP) is 1.96. The molecule has 1 aromatic carbocycles. The fraction of sp³-hybridized carbons (Fsp3) is 0.385. The molecule has 1 N–H and O–H groups in total. The molecule has 0 aromatic heterocycles. The van der Waals surface area contributed by atoms with Gasteiger partial charge in [0.1, 0.15) is 6.04 Å². The number of carbonyl (C=O) groups excluding carboxylic acids is 1. The van der Waals surface area contributed by atoms with Crippen LogP contribution >= 0.6 is 11.6 Å². The molecular weight excluding hydrogens is 254 g/mol. The zero-order chi connectivity index (χ0) is 13.1. The van der Waals surface area contributed by atoms with Gasteiger partial charge in [-0.15, -0.1) is 0 Å². The van der Waals surface area contributed by atoms with Gasteiger partial charge in [-0.2, -0.15) is 0 Å². The van der Waals surface area contributed by atoms with E-state index in [-0.39, 0.29) is 12.3 Å². The number of rotatable bonds is 3. The lowest BCUT2D eigenvalue weighted by atomic mass is 10.1. The molecule has 0 aliphatic carbocycles. The van der Waals surface area contributed by atoms with Crippen molar-refractivity contribution in [2.24, 2.45) is 0 Å². The molecule has 0 spiro atoms. The number of carboxylic acid groups (broad SMARTS) is 1. The van der Waals surface area contributed by atoms with E-state index >= 15 is 0 Å². The molecule has 0 unspecified atom stereocenters. The van der Waals surface area contributed by atoms with Crippen molar-refractivity contribution in [3.63, 3.8) is 0 Å². The topological polar surface area (TPSA) is 57.6 Å². The van der Waals surface area contributed by atoms with Crippen LogP contribution in [0.5, 0.6) is 0 Å². The average Bonchev–Trinajstić information content (AvgIpc) is 2.77. The molecule has 1 aliphatic heterocycles. The van der Waals surface area contributed by atoms with Gasteiger partial charge in [-0.1, -0.05) is 23.7 Å². The van der Waals surface area contributed by atoms with E-state index in [1.54, 1.807) is 18.2 Å². The molecule has 18 heavy (non-hydrogen) atoms. The van der Waals surface area contributed by atoms with Gasteiger partial charge in [-0.3, -0.25) is 4.79 Å². The van der Waals surface area contributed by atoms with Crippen molar-refractivity contribution in [3.8, 4) is 0 Å². The van der Waals surface area contributed by atoms with Crippen LogP contribution in [0.25, 0.3) is 0 Å². The molecule has 4 nitrogen and oxygen atoms in total. The third-order valence-corrected chi connectivity index (χ3v) is 3.34. The van der Waals surface area contributed by atoms with Crippen LogP contribution in [0.1, 0.15) is 18.4 Å². The quantitative estimate of drug-likeness (QED) is 0.911. The summed E-state index contributed by atoms with van der Waals surface area (Å²) < 4.78 is 0. The lowest BCUT2D eigenvalue weighted by Crippen LogP contribution is -2.41. The van der Waals surface area contributed by atoms with Crippen LogP contribution in [-0.2, 0) is 16.0 Å². The number of carbonyl (C=O) groups is 2. The highest BCUT2D eigenvalue weighted by molar-refractivity contribution is 6.30. The number of halogens is 1. The molecule has 1 heterocycles. The summed E-state index contributed by atoms with van der Waals surface area (Å²) in [5, 5.41) is 9.61. The summed E-state index contributed by atoms with van der Waals surface area (Å²) >= 11 is 5.85. The molecule has 2 rings (SSSR count). The maximum atomic E-state index is 12.1. The molecule has 1 atom stereocenters. The van der Waals surface area contributed by atoms with Crippen LogP contribution in [0.3, 0.4) is 0 Å². The Bertz CT molecular complexity index is 475. The standard InChI is InChI=1S/C13H14ClNO3/c14-10-4-1-3-9(7-10)8-12(16)15-6-2-5-11(15)13(17)18/h1,3-4,7,11H,2,5-6,8H2,(H,17,18)/t11-/m0/s1. The Morgan fingerprint density at radius 1 is 1.44 bits per heavy atom. The number of nitrogens with zero attached hydrogens (tertiary/aromatic N) is 1. The first-order chi connectivity index (χ1) is 8.58. The van der Waals surface area contributed by atoms with Crippen molar-refractivity contribution in [2.75, 3.05) is 6.54 Å². The number of hydrogen-bond acceptors (Lipinski definition) is 2. The van der Waals surface area contributed by atoms with Crippen LogP contribution in [0, 0.1) is 0 Å². The van der Waals surface area contributed by atoms with E-state index in [4.69, 9.17) is 16.7 Å². The van der Waals surface area contributed by atoms with Crippen LogP contribution in [0.2, 0.25) is 5.02 Å². The second kappa shape index (κ2) is 5.40. The van der Waals surface area contributed by atoms with E-state index in [0.29, 0.717) is 18.0 Å². The van der Waals surface area contributed by atoms with E-state index in [9.17, 15) is 9.59 Å². The summed E-state index contributed by atoms with van der Waals surface area (Å²) in [6.45, 7) is 0.524. The first-order valence-electron chi connectivity index (χ1n) is 5.84. The lowest BCUT2D eigenvalue weighted by molar-refractivity contribution is -0.148. The van der Waals surface area contributed by atoms with E-state index in [1.807, 2.05) is 6.07 Å². The average molecular weight is 268 g/mol. The first-order valence-corrected chi connectivity index (χ1v) is 6.22. The zero-order valence-corrected chi connectivity index (χ0v) is 10.6. The van der Waals surface area contributed by atoms with Gasteiger partial charge in [-0.25, -0.2) is 4.79 Å². The van der Waals surface area contributed by atoms with Crippen molar-refractivity contribution in [1.29, 1.82) is 0 Å². The monoisotopic (exact) mass is 267 g/mol. The van der Waals surface area contributed by atoms with E-state index in [2.05, 4.69) is 0 Å². The molecule has 0 radical (unpaired) electrons. The highest BCUT2D eigenvalue weighted by Crippen LogP contribution is 2.19. The number of benzene rings is 1. The Hall–Kier alpha value is -1.55. The molecule has 1 amide bonds. The second-order valence-corrected chi connectivity index (χ2v) is 4.83. The minimum atomic E-state index is -0.924. The molecule has 0 bridgehead atoms. The second-order valence-electron chi connectivity index (χ2n) is 4.39. The van der Waals surface area contributed by atoms with Gasteiger partial charge >= 0.3 is 5.97 Å². The first kappa shape index (κ1) is 12.9. The molecule has 96 valence electrons. The molecule has 1 fully saturated rings. The van der Waals surface area contributed by atoms with Gasteiger partial charge in [0.25, 0.3) is 0 Å². The molecule has 0 saturated carbocycles. The number of hydrogen-bond donors (Lipinski definition) is 1. The van der Waals surface area contributed by atoms with Crippen LogP contribution < -0.4 is 0 Å². The normalized spacial score (nSPS) is 18.9. The highest BCUT2D eigenvalue weighted by Gasteiger charge is 2.33. The van der Waals surface area contributed by atoms with E-state index in [0.717, 1.165) is 12.0 Å². The summed E-state index contributed by atoms with van der Waals surface area (Å²) in [7, 11) is 0. The highest BCUT2D eigenvalue weighted by atomic mass is 35.5. The summed E-state index contributed by atoms with van der Waals surface area (Å²) in [6.07, 6.45) is 1.49. The molecule has 5 heteroatoms. The van der Waals surface area contributed by atoms with Gasteiger partial charge < -0.3 is 10.0 Å². The number of aliphatic carboxylic acids is 1. The van der Waals surface area contributed by atoms with Crippen molar-refractivity contribution >= 4 is 23.5 Å². The fourth-order valence-corrected chi connectivity index (χ4v) is 2.46. The Morgan fingerprint density at radius 3 is 2.89 bits per heavy atom. The van der Waals surface area contributed by atoms with Crippen molar-refractivity contribution in [2.45, 2.75) is 25.3 Å². The predicted molar refractivity (Wildman–Crippen MR) is 67.5 cm³/mol. The molecular formula is C13H14ClNO3. The largest absolute Gasteiger partial charge is 0.480 e. The SMILES string of the molecule is O=C(O)[C@@H]1CCCN1C(=O)Cc1cccc(Cl)c1. The van der Waals surface area contributed by atoms with Gasteiger partial charge in [0.05, 0.1) is 6.42 Å². The molecule has 1 aliphatic rings. The fourth-order valence-electron chi connectivity index (χ4n) is 2.25. The minimum Gasteiger partial charge on any atom is -0.480 e. The summed E-state index contributed by atoms with van der Waals surface area (Å²) in [5.41, 5.74) is 0.809. The Labute approximate surface area is 110 Å². The maximum absolute atomic E-state index is 12.1. The molecule has 1 aromatic rings. The van der Waals surface area contributed by atoms with E-state index in [1.165, 1.54) is 4.90 Å². The lowest BCUT2D eigenvalue weighted by Gasteiger charge is -2.21. The van der Waals surface area contributed by atoms with Crippen LogP contribution in [0.15, 0.2) is 24.3 Å². The van der Waals surface area contributed by atoms with Crippen LogP contribution in [0.4, 0.5) is 0 Å². The summed E-state index contributed by atoms with van der Waals surface area (Å²) in [4.78, 5) is 24.5. The van der Waals surface area contributed by atoms with E-state index < -0.39 is 12.0 Å². The number of likely N-dealkylation sites (tertiary alicyclic amines) is 1. The Morgan fingerprint density at radius 2 is 2.22 bits per heavy atom. The minimum absolute atomic E-state index is 0.151. The maximum Gasteiger partial charge on any atom is 0.326 e. The molecule has 1 saturated heterocycles. The van der Waals surface area contributed by atoms with Gasteiger partial charge in [0, 0.05) is 11.6 Å². The third-order valence-electron chi connectivity index (χ3n) is 3.10. The number of carboxylic acids is 1. The smallest absolute Gasteiger partial charge is 0.326 e. The van der Waals surface area contributed by atoms with Crippen molar-refractivity contribution < 1.29 is 14.7 Å². The Balaban J connectivity index is 2.06. The van der Waals surface area contributed by atoms with Crippen molar-refractivity contribution in [3.05, 3.63) is 34.9 Å². The van der Waals surface area contributed by atoms with Crippen molar-refractivity contribution in [1.82, 2.24) is 4.90 Å². The summed E-state index contributed by atoms with van der Waals surface area (Å²) in [5.74, 6) is -1.07. The Kier molecular flexibility index (Phi) is 3.87. The number of amides is 1. The van der Waals surface area contributed by atoms with Gasteiger partial charge in [0.2, 0.25) is 5.91 Å². The van der Waals surface area contributed by atoms with Gasteiger partial charge in [-0.05, 0) is 30.5 Å².